The Bertz CT molecular complexity index is 1090. The molecule has 0 unspecified atom stereocenters. The van der Waals surface area contributed by atoms with E-state index in [-0.39, 0.29) is 29.3 Å². The number of aromatic nitrogens is 3. The van der Waals surface area contributed by atoms with Crippen molar-refractivity contribution in [3.05, 3.63) is 54.6 Å². The number of hydrogen-bond acceptors (Lipinski definition) is 8. The Morgan fingerprint density at radius 2 is 1.94 bits per heavy atom. The van der Waals surface area contributed by atoms with E-state index in [2.05, 4.69) is 25.7 Å². The molecular weight excluding hydrogens is 415 g/mol. The Morgan fingerprint density at radius 1 is 1.09 bits per heavy atom. The normalized spacial score (nSPS) is 13.9. The largest absolute Gasteiger partial charge is 0.438 e. The molecule has 9 nitrogen and oxygen atoms in total. The van der Waals surface area contributed by atoms with Crippen molar-refractivity contribution in [2.45, 2.75) is 38.1 Å². The van der Waals surface area contributed by atoms with Crippen molar-refractivity contribution < 1.29 is 18.8 Å². The quantitative estimate of drug-likeness (QED) is 0.381. The van der Waals surface area contributed by atoms with Gasteiger partial charge in [0.25, 0.3) is 5.95 Å². The summed E-state index contributed by atoms with van der Waals surface area (Å²) >= 11 is 0. The number of hydrogen-bond donors (Lipinski definition) is 3. The summed E-state index contributed by atoms with van der Waals surface area (Å²) in [7, 11) is 0. The summed E-state index contributed by atoms with van der Waals surface area (Å²) in [4.78, 5) is 29.7. The molecule has 3 aromatic rings. The monoisotopic (exact) mass is 438 g/mol. The molecule has 1 aliphatic rings. The molecule has 1 amide bonds. The minimum absolute atomic E-state index is 0.0256. The van der Waals surface area contributed by atoms with Crippen molar-refractivity contribution in [3.63, 3.8) is 0 Å². The molecule has 1 aliphatic carbocycles. The van der Waals surface area contributed by atoms with Gasteiger partial charge in [0.1, 0.15) is 11.6 Å². The van der Waals surface area contributed by atoms with Crippen molar-refractivity contribution in [1.82, 2.24) is 20.3 Å². The number of nitrogens with one attached hydrogen (secondary N) is 2. The zero-order valence-electron chi connectivity index (χ0n) is 17.3. The molecule has 4 rings (SSSR count). The molecule has 4 N–H and O–H groups in total. The molecule has 1 aromatic carbocycles. The van der Waals surface area contributed by atoms with E-state index in [0.717, 1.165) is 25.7 Å². The number of rotatable bonds is 6. The predicted molar refractivity (Wildman–Crippen MR) is 116 cm³/mol. The van der Waals surface area contributed by atoms with Crippen LogP contribution in [0, 0.1) is 5.82 Å². The van der Waals surface area contributed by atoms with Crippen molar-refractivity contribution in [1.29, 1.82) is 0 Å². The fraction of sp³-hybridized carbons (Fsp3) is 0.273. The fourth-order valence-electron chi connectivity index (χ4n) is 3.44. The van der Waals surface area contributed by atoms with Gasteiger partial charge in [0.15, 0.2) is 0 Å². The standard InChI is InChI=1S/C22H23FN6O3/c23-17-13-15(8-9-18(17)24)31-20-16(7-4-11-25-20)19-10-12-26-21(28-19)29-32-22(30)27-14-5-2-1-3-6-14/h4,7-14H,1-3,5-6,24H2,(H,27,30)(H,26,28,29). The number of benzene rings is 1. The molecule has 0 atom stereocenters. The average molecular weight is 438 g/mol. The maximum Gasteiger partial charge on any atom is 0.431 e. The summed E-state index contributed by atoms with van der Waals surface area (Å²) < 4.78 is 19.5. The minimum atomic E-state index is -0.586. The lowest BCUT2D eigenvalue weighted by atomic mass is 9.96. The van der Waals surface area contributed by atoms with Crippen LogP contribution in [0.1, 0.15) is 32.1 Å². The van der Waals surface area contributed by atoms with Crippen LogP contribution in [0.5, 0.6) is 11.6 Å². The number of pyridine rings is 1. The number of ether oxygens (including phenoxy) is 1. The van der Waals surface area contributed by atoms with Crippen LogP contribution in [0.25, 0.3) is 11.3 Å². The van der Waals surface area contributed by atoms with Crippen molar-refractivity contribution in [2.75, 3.05) is 11.2 Å². The Morgan fingerprint density at radius 3 is 2.75 bits per heavy atom. The Labute approximate surface area is 184 Å². The lowest BCUT2D eigenvalue weighted by Gasteiger charge is -2.22. The maximum atomic E-state index is 13.8. The smallest absolute Gasteiger partial charge is 0.431 e. The second-order valence-electron chi connectivity index (χ2n) is 7.38. The molecule has 166 valence electrons. The van der Waals surface area contributed by atoms with E-state index in [4.69, 9.17) is 15.3 Å². The number of halogens is 1. The third-order valence-corrected chi connectivity index (χ3v) is 5.05. The highest BCUT2D eigenvalue weighted by Gasteiger charge is 2.17. The van der Waals surface area contributed by atoms with Crippen LogP contribution in [0.4, 0.5) is 20.8 Å². The molecule has 0 bridgehead atoms. The number of nitrogens with zero attached hydrogens (tertiary/aromatic N) is 3. The van der Waals surface area contributed by atoms with Gasteiger partial charge in [0.2, 0.25) is 5.88 Å². The first-order valence-electron chi connectivity index (χ1n) is 10.3. The third-order valence-electron chi connectivity index (χ3n) is 5.05. The summed E-state index contributed by atoms with van der Waals surface area (Å²) in [5, 5.41) is 2.83. The first kappa shape index (κ1) is 21.3. The summed E-state index contributed by atoms with van der Waals surface area (Å²) in [5.41, 5.74) is 9.02. The van der Waals surface area contributed by atoms with Gasteiger partial charge >= 0.3 is 6.09 Å². The second kappa shape index (κ2) is 9.90. The van der Waals surface area contributed by atoms with Gasteiger partial charge in [-0.15, -0.1) is 0 Å². The van der Waals surface area contributed by atoms with Gasteiger partial charge in [-0.25, -0.2) is 24.1 Å². The van der Waals surface area contributed by atoms with Crippen molar-refractivity contribution in [2.24, 2.45) is 0 Å². The van der Waals surface area contributed by atoms with Crippen LogP contribution in [-0.4, -0.2) is 27.1 Å². The van der Waals surface area contributed by atoms with E-state index in [9.17, 15) is 9.18 Å². The van der Waals surface area contributed by atoms with E-state index < -0.39 is 11.9 Å². The Hall–Kier alpha value is -3.95. The lowest BCUT2D eigenvalue weighted by molar-refractivity contribution is 0.161. The average Bonchev–Trinajstić information content (AvgIpc) is 2.81. The molecule has 0 spiro atoms. The number of amides is 1. The molecule has 2 heterocycles. The third kappa shape index (κ3) is 5.39. The van der Waals surface area contributed by atoms with E-state index in [1.54, 1.807) is 30.5 Å². The van der Waals surface area contributed by atoms with E-state index in [1.807, 2.05) is 0 Å². The fourth-order valence-corrected chi connectivity index (χ4v) is 3.44. The summed E-state index contributed by atoms with van der Waals surface area (Å²) in [6.07, 6.45) is 7.76. The number of nitrogens with two attached hydrogens (primary N) is 1. The Balaban J connectivity index is 1.44. The highest BCUT2D eigenvalue weighted by atomic mass is 19.1. The van der Waals surface area contributed by atoms with Crippen molar-refractivity contribution in [3.8, 4) is 22.9 Å². The zero-order chi connectivity index (χ0) is 22.3. The number of carbonyl (C=O) groups is 1. The van der Waals surface area contributed by atoms with Crippen LogP contribution in [-0.2, 0) is 4.84 Å². The SMILES string of the molecule is Nc1ccc(Oc2ncccc2-c2ccnc(NOC(=O)NC3CCCCC3)n2)cc1F. The lowest BCUT2D eigenvalue weighted by Crippen LogP contribution is -2.37. The maximum absolute atomic E-state index is 13.8. The van der Waals surface area contributed by atoms with Gasteiger partial charge in [-0.1, -0.05) is 19.3 Å². The molecule has 1 fully saturated rings. The van der Waals surface area contributed by atoms with Gasteiger partial charge in [-0.05, 0) is 43.2 Å². The molecule has 2 aromatic heterocycles. The highest BCUT2D eigenvalue weighted by molar-refractivity contribution is 5.69. The van der Waals surface area contributed by atoms with Crippen LogP contribution in [0.3, 0.4) is 0 Å². The first-order chi connectivity index (χ1) is 15.6. The molecule has 32 heavy (non-hydrogen) atoms. The predicted octanol–water partition coefficient (Wildman–Crippen LogP) is 4.44. The molecule has 0 aliphatic heterocycles. The minimum Gasteiger partial charge on any atom is -0.438 e. The van der Waals surface area contributed by atoms with Gasteiger partial charge in [-0.3, -0.25) is 0 Å². The molecular formula is C22H23FN6O3. The summed E-state index contributed by atoms with van der Waals surface area (Å²) in [6, 6.07) is 9.38. The van der Waals surface area contributed by atoms with Gasteiger partial charge in [0, 0.05) is 24.5 Å². The summed E-state index contributed by atoms with van der Waals surface area (Å²) in [5.74, 6) is -0.0316. The summed E-state index contributed by atoms with van der Waals surface area (Å²) in [6.45, 7) is 0. The van der Waals surface area contributed by atoms with E-state index >= 15 is 0 Å². The molecule has 0 saturated heterocycles. The highest BCUT2D eigenvalue weighted by Crippen LogP contribution is 2.31. The van der Waals surface area contributed by atoms with Crippen LogP contribution >= 0.6 is 0 Å². The van der Waals surface area contributed by atoms with Crippen LogP contribution in [0.15, 0.2) is 48.8 Å². The van der Waals surface area contributed by atoms with Gasteiger partial charge < -0.3 is 20.6 Å². The van der Waals surface area contributed by atoms with Gasteiger partial charge in [-0.2, -0.15) is 5.48 Å². The Kier molecular flexibility index (Phi) is 6.59. The zero-order valence-corrected chi connectivity index (χ0v) is 17.3. The number of nitrogen functional groups attached to an aromatic ring is 1. The van der Waals surface area contributed by atoms with Gasteiger partial charge in [0.05, 0.1) is 16.9 Å². The number of anilines is 2. The molecule has 10 heteroatoms. The van der Waals surface area contributed by atoms with Crippen LogP contribution in [0.2, 0.25) is 0 Å². The van der Waals surface area contributed by atoms with Crippen molar-refractivity contribution >= 4 is 17.7 Å². The van der Waals surface area contributed by atoms with E-state index in [1.165, 1.54) is 24.8 Å². The number of carbonyl (C=O) groups excluding carboxylic acids is 1. The second-order valence-corrected chi connectivity index (χ2v) is 7.38. The first-order valence-corrected chi connectivity index (χ1v) is 10.3. The van der Waals surface area contributed by atoms with Crippen LogP contribution < -0.4 is 21.3 Å². The van der Waals surface area contributed by atoms with E-state index in [0.29, 0.717) is 11.3 Å². The topological polar surface area (TPSA) is 124 Å². The molecule has 1 saturated carbocycles. The molecule has 0 radical (unpaired) electrons.